The predicted molar refractivity (Wildman–Crippen MR) is 92.2 cm³/mol. The highest BCUT2D eigenvalue weighted by Crippen LogP contribution is 2.49. The summed E-state index contributed by atoms with van der Waals surface area (Å²) in [5, 5.41) is 10.4. The minimum atomic E-state index is -4.74. The number of benzene rings is 2. The van der Waals surface area contributed by atoms with Gasteiger partial charge in [-0.05, 0) is 66.3 Å². The summed E-state index contributed by atoms with van der Waals surface area (Å²) in [6, 6.07) is 8.36. The monoisotopic (exact) mass is 363 g/mol. The molecule has 0 bridgehead atoms. The quantitative estimate of drug-likeness (QED) is 0.848. The minimum Gasteiger partial charge on any atom is -0.507 e. The van der Waals surface area contributed by atoms with E-state index in [0.717, 1.165) is 42.6 Å². The van der Waals surface area contributed by atoms with Crippen LogP contribution in [-0.2, 0) is 12.8 Å². The molecule has 1 atom stereocenters. The second-order valence-electron chi connectivity index (χ2n) is 6.91. The summed E-state index contributed by atoms with van der Waals surface area (Å²) in [6.07, 6.45) is -2.29. The molecule has 0 fully saturated rings. The molecule has 0 saturated heterocycles. The summed E-state index contributed by atoms with van der Waals surface area (Å²) in [6.45, 7) is 3.88. The fourth-order valence-corrected chi connectivity index (χ4v) is 4.35. The average molecular weight is 363 g/mol. The Morgan fingerprint density at radius 3 is 2.77 bits per heavy atom. The second-order valence-corrected chi connectivity index (χ2v) is 6.91. The first-order chi connectivity index (χ1) is 12.4. The highest BCUT2D eigenvalue weighted by Gasteiger charge is 2.37. The van der Waals surface area contributed by atoms with Crippen LogP contribution in [-0.4, -0.2) is 29.5 Å². The van der Waals surface area contributed by atoms with Crippen molar-refractivity contribution in [2.75, 3.05) is 13.1 Å². The Labute approximate surface area is 150 Å². The molecule has 138 valence electrons. The zero-order valence-electron chi connectivity index (χ0n) is 14.4. The molecular weight excluding hydrogens is 343 g/mol. The van der Waals surface area contributed by atoms with E-state index < -0.39 is 6.36 Å². The topological polar surface area (TPSA) is 32.7 Å². The first-order valence-electron chi connectivity index (χ1n) is 8.85. The molecule has 0 radical (unpaired) electrons. The van der Waals surface area contributed by atoms with Crippen LogP contribution in [0, 0.1) is 0 Å². The molecule has 0 spiro atoms. The summed E-state index contributed by atoms with van der Waals surface area (Å²) >= 11 is 0. The van der Waals surface area contributed by atoms with E-state index in [0.29, 0.717) is 17.5 Å². The molecule has 4 rings (SSSR count). The van der Waals surface area contributed by atoms with Gasteiger partial charge in [0.25, 0.3) is 0 Å². The number of hydrogen-bond acceptors (Lipinski definition) is 3. The zero-order chi connectivity index (χ0) is 18.5. The van der Waals surface area contributed by atoms with Crippen LogP contribution in [0.25, 0.3) is 11.1 Å². The van der Waals surface area contributed by atoms with Crippen molar-refractivity contribution in [3.8, 4) is 22.6 Å². The number of fused-ring (bicyclic) bond motifs is 2. The fourth-order valence-electron chi connectivity index (χ4n) is 4.35. The van der Waals surface area contributed by atoms with Crippen molar-refractivity contribution in [2.24, 2.45) is 0 Å². The maximum atomic E-state index is 12.8. The maximum Gasteiger partial charge on any atom is 0.573 e. The molecule has 1 aliphatic heterocycles. The number of phenols is 1. The number of phenolic OH excluding ortho intramolecular Hbond substituents is 1. The normalized spacial score (nSPS) is 19.0. The molecule has 2 aromatic carbocycles. The highest BCUT2D eigenvalue weighted by molar-refractivity contribution is 5.81. The van der Waals surface area contributed by atoms with Gasteiger partial charge in [0.15, 0.2) is 0 Å². The Kier molecular flexibility index (Phi) is 4.10. The van der Waals surface area contributed by atoms with Crippen LogP contribution in [0.4, 0.5) is 13.2 Å². The number of rotatable bonds is 3. The van der Waals surface area contributed by atoms with Gasteiger partial charge in [0, 0.05) is 18.2 Å². The third kappa shape index (κ3) is 2.92. The van der Waals surface area contributed by atoms with E-state index in [1.54, 1.807) is 12.1 Å². The Hall–Kier alpha value is -2.21. The van der Waals surface area contributed by atoms with Crippen molar-refractivity contribution in [2.45, 2.75) is 38.6 Å². The predicted octanol–water partition coefficient (Wildman–Crippen LogP) is 4.82. The number of alkyl halides is 3. The standard InChI is InChI=1S/C20H20F3NO2/c1-2-7-24-8-6-13-9-14(26-20(21,22)23)11-15-18(13)16(24)10-12-4-3-5-17(25)19(12)15/h3-5,9,11,16,25H,2,6-8,10H2,1H3/t16-/m1/s1. The third-order valence-electron chi connectivity index (χ3n) is 5.24. The first-order valence-corrected chi connectivity index (χ1v) is 8.85. The van der Waals surface area contributed by atoms with Crippen LogP contribution in [0.15, 0.2) is 30.3 Å². The van der Waals surface area contributed by atoms with Crippen LogP contribution in [0.2, 0.25) is 0 Å². The van der Waals surface area contributed by atoms with Crippen LogP contribution in [0.5, 0.6) is 11.5 Å². The van der Waals surface area contributed by atoms with Gasteiger partial charge in [-0.25, -0.2) is 0 Å². The van der Waals surface area contributed by atoms with Crippen molar-refractivity contribution in [1.29, 1.82) is 0 Å². The summed E-state index contributed by atoms with van der Waals surface area (Å²) < 4.78 is 42.5. The summed E-state index contributed by atoms with van der Waals surface area (Å²) in [7, 11) is 0. The lowest BCUT2D eigenvalue weighted by Crippen LogP contribution is -2.39. The lowest BCUT2D eigenvalue weighted by molar-refractivity contribution is -0.274. The van der Waals surface area contributed by atoms with Gasteiger partial charge in [-0.2, -0.15) is 0 Å². The van der Waals surface area contributed by atoms with Gasteiger partial charge in [0.1, 0.15) is 11.5 Å². The van der Waals surface area contributed by atoms with E-state index in [1.165, 1.54) is 12.1 Å². The van der Waals surface area contributed by atoms with E-state index in [-0.39, 0.29) is 17.5 Å². The highest BCUT2D eigenvalue weighted by atomic mass is 19.4. The smallest absolute Gasteiger partial charge is 0.507 e. The first kappa shape index (κ1) is 17.2. The molecule has 2 aliphatic rings. The molecule has 1 heterocycles. The van der Waals surface area contributed by atoms with Gasteiger partial charge in [0.2, 0.25) is 0 Å². The van der Waals surface area contributed by atoms with Gasteiger partial charge in [-0.15, -0.1) is 13.2 Å². The molecule has 0 unspecified atom stereocenters. The molecule has 3 nitrogen and oxygen atoms in total. The van der Waals surface area contributed by atoms with E-state index in [2.05, 4.69) is 16.6 Å². The van der Waals surface area contributed by atoms with Gasteiger partial charge in [-0.1, -0.05) is 19.1 Å². The Morgan fingerprint density at radius 1 is 1.23 bits per heavy atom. The average Bonchev–Trinajstić information content (AvgIpc) is 2.55. The van der Waals surface area contributed by atoms with E-state index in [1.807, 2.05) is 6.07 Å². The number of halogens is 3. The molecule has 26 heavy (non-hydrogen) atoms. The van der Waals surface area contributed by atoms with Crippen LogP contribution >= 0.6 is 0 Å². The molecule has 0 saturated carbocycles. The van der Waals surface area contributed by atoms with Crippen molar-refractivity contribution < 1.29 is 23.0 Å². The summed E-state index contributed by atoms with van der Waals surface area (Å²) in [5.74, 6) is -0.120. The molecule has 1 aliphatic carbocycles. The van der Waals surface area contributed by atoms with Crippen molar-refractivity contribution in [3.63, 3.8) is 0 Å². The third-order valence-corrected chi connectivity index (χ3v) is 5.24. The number of nitrogens with zero attached hydrogens (tertiary/aromatic N) is 1. The van der Waals surface area contributed by atoms with E-state index in [9.17, 15) is 18.3 Å². The zero-order valence-corrected chi connectivity index (χ0v) is 14.4. The lowest BCUT2D eigenvalue weighted by Gasteiger charge is -2.42. The molecule has 0 aromatic heterocycles. The lowest BCUT2D eigenvalue weighted by atomic mass is 9.76. The van der Waals surface area contributed by atoms with Crippen molar-refractivity contribution >= 4 is 0 Å². The van der Waals surface area contributed by atoms with Crippen molar-refractivity contribution in [3.05, 3.63) is 47.0 Å². The number of aromatic hydroxyl groups is 1. The van der Waals surface area contributed by atoms with Crippen molar-refractivity contribution in [1.82, 2.24) is 4.90 Å². The summed E-state index contributed by atoms with van der Waals surface area (Å²) in [5.41, 5.74) is 4.17. The number of hydrogen-bond donors (Lipinski definition) is 1. The maximum absolute atomic E-state index is 12.8. The van der Waals surface area contributed by atoms with Gasteiger partial charge >= 0.3 is 6.36 Å². The largest absolute Gasteiger partial charge is 0.573 e. The molecule has 1 N–H and O–H groups in total. The van der Waals surface area contributed by atoms with E-state index >= 15 is 0 Å². The van der Waals surface area contributed by atoms with Crippen LogP contribution in [0.1, 0.15) is 36.1 Å². The molecule has 6 heteroatoms. The minimum absolute atomic E-state index is 0.0972. The van der Waals surface area contributed by atoms with Gasteiger partial charge < -0.3 is 9.84 Å². The fraction of sp³-hybridized carbons (Fsp3) is 0.400. The molecule has 2 aromatic rings. The summed E-state index contributed by atoms with van der Waals surface area (Å²) in [4.78, 5) is 2.39. The molecule has 0 amide bonds. The Morgan fingerprint density at radius 2 is 2.04 bits per heavy atom. The van der Waals surface area contributed by atoms with Crippen LogP contribution < -0.4 is 4.74 Å². The SMILES string of the molecule is CCCN1CCc2cc(OC(F)(F)F)cc3c2[C@H]1Cc1cccc(O)c1-3. The van der Waals surface area contributed by atoms with Gasteiger partial charge in [-0.3, -0.25) is 4.90 Å². The second kappa shape index (κ2) is 6.20. The van der Waals surface area contributed by atoms with Gasteiger partial charge in [0.05, 0.1) is 0 Å². The Balaban J connectivity index is 1.91. The van der Waals surface area contributed by atoms with E-state index in [4.69, 9.17) is 0 Å². The Bertz CT molecular complexity index is 848. The van der Waals surface area contributed by atoms with Crippen LogP contribution in [0.3, 0.4) is 0 Å². The molecular formula is C20H20F3NO2. The number of ether oxygens (including phenoxy) is 1.